The molecule has 1 saturated heterocycles. The van der Waals surface area contributed by atoms with Gasteiger partial charge in [0.1, 0.15) is 17.7 Å². The molecule has 0 radical (unpaired) electrons. The molecule has 0 unspecified atom stereocenters. The van der Waals surface area contributed by atoms with Crippen molar-refractivity contribution in [1.82, 2.24) is 10.2 Å². The van der Waals surface area contributed by atoms with Crippen LogP contribution in [0.1, 0.15) is 60.4 Å². The third kappa shape index (κ3) is 6.63. The summed E-state index contributed by atoms with van der Waals surface area (Å²) in [7, 11) is 0. The number of hydrogen-bond acceptors (Lipinski definition) is 3. The molecule has 34 heavy (non-hydrogen) atoms. The second-order valence-electron chi connectivity index (χ2n) is 9.26. The Balaban J connectivity index is 1.25. The number of morpholine rings is 1. The second kappa shape index (κ2) is 11.6. The fraction of sp³-hybridized carbons (Fsp3) is 0.481. The number of carbonyl (C=O) groups is 2. The lowest BCUT2D eigenvalue weighted by Crippen LogP contribution is -2.51. The number of carbonyl (C=O) groups excluding carboxylic acids is 2. The zero-order valence-electron chi connectivity index (χ0n) is 19.3. The minimum Gasteiger partial charge on any atom is -0.378 e. The number of amides is 2. The van der Waals surface area contributed by atoms with Crippen molar-refractivity contribution in [3.63, 3.8) is 0 Å². The van der Waals surface area contributed by atoms with Gasteiger partial charge in [0.05, 0.1) is 13.2 Å². The molecule has 4 rings (SSSR count). The number of unbranched alkanes of at least 4 members (excludes halogenated alkanes) is 2. The number of nitrogens with zero attached hydrogens (tertiary/aromatic N) is 1. The summed E-state index contributed by atoms with van der Waals surface area (Å²) in [5.41, 5.74) is 1.55. The van der Waals surface area contributed by atoms with E-state index >= 15 is 0 Å². The molecule has 1 N–H and O–H groups in total. The summed E-state index contributed by atoms with van der Waals surface area (Å²) in [6.07, 6.45) is 5.70. The van der Waals surface area contributed by atoms with Gasteiger partial charge in [-0.05, 0) is 73.1 Å². The van der Waals surface area contributed by atoms with Crippen LogP contribution in [0.4, 0.5) is 8.78 Å². The van der Waals surface area contributed by atoms with Crippen LogP contribution in [0.3, 0.4) is 0 Å². The fourth-order valence-corrected chi connectivity index (χ4v) is 4.72. The van der Waals surface area contributed by atoms with Gasteiger partial charge in [-0.1, -0.05) is 31.4 Å². The summed E-state index contributed by atoms with van der Waals surface area (Å²) in [4.78, 5) is 27.5. The summed E-state index contributed by atoms with van der Waals surface area (Å²) >= 11 is 0. The molecule has 2 aliphatic rings. The number of nitrogens with one attached hydrogen (secondary N) is 1. The normalized spacial score (nSPS) is 20.6. The van der Waals surface area contributed by atoms with E-state index in [9.17, 15) is 18.4 Å². The van der Waals surface area contributed by atoms with Crippen molar-refractivity contribution in [2.45, 2.75) is 50.5 Å². The van der Waals surface area contributed by atoms with Crippen LogP contribution in [0, 0.1) is 17.6 Å². The minimum absolute atomic E-state index is 0.0858. The molecule has 2 fully saturated rings. The predicted molar refractivity (Wildman–Crippen MR) is 125 cm³/mol. The molecule has 0 bridgehead atoms. The van der Waals surface area contributed by atoms with Crippen LogP contribution in [-0.4, -0.2) is 49.1 Å². The highest BCUT2D eigenvalue weighted by atomic mass is 19.1. The van der Waals surface area contributed by atoms with Gasteiger partial charge < -0.3 is 15.0 Å². The summed E-state index contributed by atoms with van der Waals surface area (Å²) in [6.45, 7) is 2.05. The third-order valence-corrected chi connectivity index (χ3v) is 6.82. The molecule has 0 spiro atoms. The van der Waals surface area contributed by atoms with Gasteiger partial charge in [-0.2, -0.15) is 0 Å². The SMILES string of the molecule is O=C(N[C@@H](CCCCC[C@H]1C[C@@H]1c1ccc(F)cc1)C(=O)N1CCOCC1)c1ccc(F)cc1. The summed E-state index contributed by atoms with van der Waals surface area (Å²) in [5, 5.41) is 2.87. The zero-order chi connectivity index (χ0) is 23.9. The van der Waals surface area contributed by atoms with E-state index in [1.54, 1.807) is 4.90 Å². The van der Waals surface area contributed by atoms with Gasteiger partial charge in [0.2, 0.25) is 5.91 Å². The lowest BCUT2D eigenvalue weighted by atomic mass is 10.0. The number of rotatable bonds is 10. The third-order valence-electron chi connectivity index (χ3n) is 6.82. The van der Waals surface area contributed by atoms with Crippen molar-refractivity contribution in [2.75, 3.05) is 26.3 Å². The smallest absolute Gasteiger partial charge is 0.251 e. The zero-order valence-corrected chi connectivity index (χ0v) is 19.3. The Bertz CT molecular complexity index is 959. The molecular formula is C27H32F2N2O3. The maximum absolute atomic E-state index is 13.2. The van der Waals surface area contributed by atoms with Crippen LogP contribution in [0.5, 0.6) is 0 Å². The van der Waals surface area contributed by atoms with E-state index in [0.29, 0.717) is 50.1 Å². The van der Waals surface area contributed by atoms with Gasteiger partial charge in [0, 0.05) is 18.7 Å². The van der Waals surface area contributed by atoms with Crippen LogP contribution in [0.25, 0.3) is 0 Å². The highest BCUT2D eigenvalue weighted by molar-refractivity contribution is 5.97. The van der Waals surface area contributed by atoms with Gasteiger partial charge in [-0.3, -0.25) is 9.59 Å². The topological polar surface area (TPSA) is 58.6 Å². The molecule has 5 nitrogen and oxygen atoms in total. The Hall–Kier alpha value is -2.80. The quantitative estimate of drug-likeness (QED) is 0.513. The van der Waals surface area contributed by atoms with E-state index in [1.165, 1.54) is 42.0 Å². The average Bonchev–Trinajstić information content (AvgIpc) is 3.63. The molecule has 0 aromatic heterocycles. The molecule has 2 aromatic carbocycles. The standard InChI is InChI=1S/C27H32F2N2O3/c28-22-10-6-19(7-11-22)24-18-21(24)4-2-1-3-5-25(27(33)31-14-16-34-17-15-31)30-26(32)20-8-12-23(29)13-9-20/h6-13,21,24-25H,1-5,14-18H2,(H,30,32)/t21-,24+,25-/m0/s1. The maximum Gasteiger partial charge on any atom is 0.251 e. The van der Waals surface area contributed by atoms with Crippen molar-refractivity contribution in [2.24, 2.45) is 5.92 Å². The molecule has 1 aliphatic heterocycles. The van der Waals surface area contributed by atoms with Crippen molar-refractivity contribution < 1.29 is 23.1 Å². The van der Waals surface area contributed by atoms with Gasteiger partial charge in [-0.25, -0.2) is 8.78 Å². The van der Waals surface area contributed by atoms with Crippen molar-refractivity contribution in [3.8, 4) is 0 Å². The van der Waals surface area contributed by atoms with Crippen LogP contribution in [0.15, 0.2) is 48.5 Å². The number of hydrogen-bond donors (Lipinski definition) is 1. The van der Waals surface area contributed by atoms with E-state index in [2.05, 4.69) is 5.32 Å². The lowest BCUT2D eigenvalue weighted by molar-refractivity contribution is -0.137. The highest BCUT2D eigenvalue weighted by Gasteiger charge is 2.37. The highest BCUT2D eigenvalue weighted by Crippen LogP contribution is 2.50. The summed E-state index contributed by atoms with van der Waals surface area (Å²) in [5.74, 6) is 0.119. The Morgan fingerprint density at radius 1 is 0.941 bits per heavy atom. The van der Waals surface area contributed by atoms with E-state index in [4.69, 9.17) is 4.74 Å². The molecule has 2 aromatic rings. The molecule has 1 aliphatic carbocycles. The molecule has 182 valence electrons. The Morgan fingerprint density at radius 2 is 1.59 bits per heavy atom. The Labute approximate surface area is 199 Å². The van der Waals surface area contributed by atoms with Crippen LogP contribution < -0.4 is 5.32 Å². The van der Waals surface area contributed by atoms with Crippen LogP contribution in [0.2, 0.25) is 0 Å². The molecule has 7 heteroatoms. The van der Waals surface area contributed by atoms with E-state index in [-0.39, 0.29) is 17.6 Å². The van der Waals surface area contributed by atoms with Crippen LogP contribution in [-0.2, 0) is 9.53 Å². The monoisotopic (exact) mass is 470 g/mol. The number of ether oxygens (including phenoxy) is 1. The molecule has 2 amide bonds. The second-order valence-corrected chi connectivity index (χ2v) is 9.26. The Morgan fingerprint density at radius 3 is 2.26 bits per heavy atom. The fourth-order valence-electron chi connectivity index (χ4n) is 4.72. The minimum atomic E-state index is -0.608. The Kier molecular flexibility index (Phi) is 8.27. The largest absolute Gasteiger partial charge is 0.378 e. The van der Waals surface area contributed by atoms with Crippen molar-refractivity contribution >= 4 is 11.8 Å². The maximum atomic E-state index is 13.2. The first-order chi connectivity index (χ1) is 16.5. The van der Waals surface area contributed by atoms with Crippen molar-refractivity contribution in [3.05, 3.63) is 71.3 Å². The van der Waals surface area contributed by atoms with Gasteiger partial charge in [0.25, 0.3) is 5.91 Å². The molecule has 1 heterocycles. The molecule has 3 atom stereocenters. The summed E-state index contributed by atoms with van der Waals surface area (Å²) < 4.78 is 31.7. The summed E-state index contributed by atoms with van der Waals surface area (Å²) in [6, 6.07) is 11.5. The first-order valence-corrected chi connectivity index (χ1v) is 12.2. The van der Waals surface area contributed by atoms with Crippen LogP contribution >= 0.6 is 0 Å². The van der Waals surface area contributed by atoms with Gasteiger partial charge in [0.15, 0.2) is 0 Å². The van der Waals surface area contributed by atoms with Gasteiger partial charge in [-0.15, -0.1) is 0 Å². The number of benzene rings is 2. The molecule has 1 saturated carbocycles. The lowest BCUT2D eigenvalue weighted by Gasteiger charge is -2.30. The first kappa shape index (κ1) is 24.3. The molecular weight excluding hydrogens is 438 g/mol. The van der Waals surface area contributed by atoms with Gasteiger partial charge >= 0.3 is 0 Å². The van der Waals surface area contributed by atoms with E-state index in [0.717, 1.165) is 32.1 Å². The predicted octanol–water partition coefficient (Wildman–Crippen LogP) is 4.68. The van der Waals surface area contributed by atoms with E-state index < -0.39 is 11.9 Å². The average molecular weight is 471 g/mol. The first-order valence-electron chi connectivity index (χ1n) is 12.2. The van der Waals surface area contributed by atoms with Crippen molar-refractivity contribution in [1.29, 1.82) is 0 Å². The number of halogens is 2. The van der Waals surface area contributed by atoms with E-state index in [1.807, 2.05) is 12.1 Å².